The molecule has 4 heterocycles. The van der Waals surface area contributed by atoms with Crippen LogP contribution in [-0.4, -0.2) is 29.1 Å². The first-order valence-electron chi connectivity index (χ1n) is 16.6. The van der Waals surface area contributed by atoms with Crippen molar-refractivity contribution in [3.8, 4) is 45.4 Å². The van der Waals surface area contributed by atoms with Crippen molar-refractivity contribution < 1.29 is 0 Å². The Labute approximate surface area is 287 Å². The van der Waals surface area contributed by atoms with Gasteiger partial charge in [-0.3, -0.25) is 0 Å². The summed E-state index contributed by atoms with van der Waals surface area (Å²) in [7, 11) is 0. The molecular formula is C44H28N6. The van der Waals surface area contributed by atoms with Crippen molar-refractivity contribution in [2.24, 2.45) is 0 Å². The van der Waals surface area contributed by atoms with Gasteiger partial charge in [-0.2, -0.15) is 0 Å². The maximum Gasteiger partial charge on any atom is 0.160 e. The van der Waals surface area contributed by atoms with Crippen LogP contribution in [0.15, 0.2) is 170 Å². The SMILES string of the molecule is c1ccc(-n2ccc3c2ccc2c4ccccc4n(-c4cccc(-c5nc(-c6ccc(-c7ncccn7)cc6)c6ccccc6n5)c4)c23)cc1. The molecule has 0 unspecified atom stereocenters. The average Bonchev–Trinajstić information content (AvgIpc) is 3.78. The maximum atomic E-state index is 5.22. The molecule has 234 valence electrons. The van der Waals surface area contributed by atoms with Crippen molar-refractivity contribution in [2.75, 3.05) is 0 Å². The number of hydrogen-bond acceptors (Lipinski definition) is 4. The van der Waals surface area contributed by atoms with Crippen LogP contribution in [0.3, 0.4) is 0 Å². The molecule has 0 radical (unpaired) electrons. The Bertz CT molecular complexity index is 2850. The molecule has 0 atom stereocenters. The minimum Gasteiger partial charge on any atom is -0.316 e. The molecule has 4 aromatic heterocycles. The van der Waals surface area contributed by atoms with E-state index in [4.69, 9.17) is 9.97 Å². The van der Waals surface area contributed by atoms with E-state index in [-0.39, 0.29) is 0 Å². The lowest BCUT2D eigenvalue weighted by Crippen LogP contribution is -1.98. The monoisotopic (exact) mass is 640 g/mol. The molecule has 0 saturated heterocycles. The zero-order valence-corrected chi connectivity index (χ0v) is 26.8. The van der Waals surface area contributed by atoms with E-state index in [2.05, 4.69) is 159 Å². The number of hydrogen-bond donors (Lipinski definition) is 0. The Kier molecular flexibility index (Phi) is 6.39. The van der Waals surface area contributed by atoms with Gasteiger partial charge in [0.15, 0.2) is 11.6 Å². The van der Waals surface area contributed by atoms with Gasteiger partial charge >= 0.3 is 0 Å². The Morgan fingerprint density at radius 2 is 1.16 bits per heavy atom. The topological polar surface area (TPSA) is 61.4 Å². The van der Waals surface area contributed by atoms with Crippen LogP contribution in [0, 0.1) is 0 Å². The number of rotatable bonds is 5. The summed E-state index contributed by atoms with van der Waals surface area (Å²) in [5.41, 5.74) is 10.4. The lowest BCUT2D eigenvalue weighted by Gasteiger charge is -2.13. The van der Waals surface area contributed by atoms with Gasteiger partial charge in [0.25, 0.3) is 0 Å². The van der Waals surface area contributed by atoms with Crippen LogP contribution in [0.4, 0.5) is 0 Å². The highest BCUT2D eigenvalue weighted by molar-refractivity contribution is 6.18. The number of nitrogens with zero attached hydrogens (tertiary/aromatic N) is 6. The molecule has 10 rings (SSSR count). The summed E-state index contributed by atoms with van der Waals surface area (Å²) in [6, 6.07) is 52.8. The van der Waals surface area contributed by atoms with Gasteiger partial charge in [0.05, 0.1) is 27.8 Å². The molecule has 50 heavy (non-hydrogen) atoms. The van der Waals surface area contributed by atoms with Crippen molar-refractivity contribution >= 4 is 43.6 Å². The molecule has 10 aromatic rings. The number of fused-ring (bicyclic) bond motifs is 6. The van der Waals surface area contributed by atoms with Crippen LogP contribution in [-0.2, 0) is 0 Å². The molecule has 0 amide bonds. The molecule has 6 nitrogen and oxygen atoms in total. The molecule has 6 aromatic carbocycles. The third-order valence-corrected chi connectivity index (χ3v) is 9.49. The van der Waals surface area contributed by atoms with Gasteiger partial charge in [0.1, 0.15) is 0 Å². The molecule has 0 spiro atoms. The predicted molar refractivity (Wildman–Crippen MR) is 203 cm³/mol. The van der Waals surface area contributed by atoms with E-state index in [9.17, 15) is 0 Å². The molecule has 6 heteroatoms. The van der Waals surface area contributed by atoms with Gasteiger partial charge in [-0.25, -0.2) is 19.9 Å². The van der Waals surface area contributed by atoms with Crippen LogP contribution in [0.25, 0.3) is 89.0 Å². The lowest BCUT2D eigenvalue weighted by atomic mass is 10.0. The van der Waals surface area contributed by atoms with E-state index >= 15 is 0 Å². The van der Waals surface area contributed by atoms with Crippen LogP contribution >= 0.6 is 0 Å². The van der Waals surface area contributed by atoms with Crippen molar-refractivity contribution in [3.63, 3.8) is 0 Å². The third kappa shape index (κ3) is 4.50. The fourth-order valence-electron chi connectivity index (χ4n) is 7.19. The zero-order valence-electron chi connectivity index (χ0n) is 26.8. The standard InChI is InChI=1S/C44H28N6/c1-2-11-32(12-3-1)49-27-24-37-39(49)23-22-35-34-14-5-7-17-40(34)50(42(35)37)33-13-8-10-31(28-33)44-47-38-16-6-4-15-36(38)41(48-44)29-18-20-30(21-19-29)43-45-25-9-26-46-43/h1-28H. The molecular weight excluding hydrogens is 613 g/mol. The summed E-state index contributed by atoms with van der Waals surface area (Å²) in [6.07, 6.45) is 5.69. The van der Waals surface area contributed by atoms with E-state index in [1.807, 2.05) is 18.2 Å². The molecule has 0 bridgehead atoms. The highest BCUT2D eigenvalue weighted by Gasteiger charge is 2.18. The molecule has 0 saturated carbocycles. The highest BCUT2D eigenvalue weighted by atomic mass is 15.0. The summed E-state index contributed by atoms with van der Waals surface area (Å²) in [6.45, 7) is 0. The van der Waals surface area contributed by atoms with Gasteiger partial charge < -0.3 is 9.13 Å². The smallest absolute Gasteiger partial charge is 0.160 e. The van der Waals surface area contributed by atoms with Gasteiger partial charge in [-0.1, -0.05) is 97.1 Å². The zero-order chi connectivity index (χ0) is 33.0. The lowest BCUT2D eigenvalue weighted by molar-refractivity contribution is 1.13. The summed E-state index contributed by atoms with van der Waals surface area (Å²) < 4.78 is 4.65. The van der Waals surface area contributed by atoms with Crippen molar-refractivity contribution in [2.45, 2.75) is 0 Å². The highest BCUT2D eigenvalue weighted by Crippen LogP contribution is 2.38. The summed E-state index contributed by atoms with van der Waals surface area (Å²) in [5, 5.41) is 4.64. The van der Waals surface area contributed by atoms with Gasteiger partial charge in [-0.15, -0.1) is 0 Å². The van der Waals surface area contributed by atoms with Gasteiger partial charge in [0, 0.05) is 68.2 Å². The van der Waals surface area contributed by atoms with E-state index in [0.717, 1.165) is 55.7 Å². The van der Waals surface area contributed by atoms with Gasteiger partial charge in [0.2, 0.25) is 0 Å². The fourth-order valence-corrected chi connectivity index (χ4v) is 7.19. The Morgan fingerprint density at radius 3 is 2.02 bits per heavy atom. The van der Waals surface area contributed by atoms with E-state index in [0.29, 0.717) is 11.6 Å². The molecule has 0 fully saturated rings. The molecule has 0 N–H and O–H groups in total. The predicted octanol–water partition coefficient (Wildman–Crippen LogP) is 10.5. The van der Waals surface area contributed by atoms with Crippen molar-refractivity contribution in [1.29, 1.82) is 0 Å². The normalized spacial score (nSPS) is 11.6. The Balaban J connectivity index is 1.15. The third-order valence-electron chi connectivity index (χ3n) is 9.49. The fraction of sp³-hybridized carbons (Fsp3) is 0. The average molecular weight is 641 g/mol. The molecule has 0 aliphatic rings. The minimum atomic E-state index is 0.678. The van der Waals surface area contributed by atoms with Crippen LogP contribution in [0.2, 0.25) is 0 Å². The maximum absolute atomic E-state index is 5.22. The van der Waals surface area contributed by atoms with Crippen molar-refractivity contribution in [3.05, 3.63) is 170 Å². The van der Waals surface area contributed by atoms with Gasteiger partial charge in [-0.05, 0) is 54.6 Å². The van der Waals surface area contributed by atoms with E-state index in [1.54, 1.807) is 12.4 Å². The largest absolute Gasteiger partial charge is 0.316 e. The van der Waals surface area contributed by atoms with E-state index < -0.39 is 0 Å². The summed E-state index contributed by atoms with van der Waals surface area (Å²) >= 11 is 0. The number of para-hydroxylation sites is 3. The summed E-state index contributed by atoms with van der Waals surface area (Å²) in [4.78, 5) is 19.1. The minimum absolute atomic E-state index is 0.678. The Hall–Kier alpha value is -6.92. The number of aromatic nitrogens is 6. The quantitative estimate of drug-likeness (QED) is 0.188. The second-order valence-corrected chi connectivity index (χ2v) is 12.4. The first kappa shape index (κ1) is 28.1. The first-order valence-corrected chi connectivity index (χ1v) is 16.6. The van der Waals surface area contributed by atoms with Crippen molar-refractivity contribution in [1.82, 2.24) is 29.1 Å². The Morgan fingerprint density at radius 1 is 0.420 bits per heavy atom. The molecule has 0 aliphatic heterocycles. The van der Waals surface area contributed by atoms with Crippen LogP contribution < -0.4 is 0 Å². The summed E-state index contributed by atoms with van der Waals surface area (Å²) in [5.74, 6) is 1.38. The second kappa shape index (κ2) is 11.4. The number of benzene rings is 6. The van der Waals surface area contributed by atoms with E-state index in [1.165, 1.54) is 21.7 Å². The molecule has 0 aliphatic carbocycles. The van der Waals surface area contributed by atoms with Crippen LogP contribution in [0.1, 0.15) is 0 Å². The first-order chi connectivity index (χ1) is 24.8. The van der Waals surface area contributed by atoms with Crippen LogP contribution in [0.5, 0.6) is 0 Å². The second-order valence-electron chi connectivity index (χ2n) is 12.4.